The minimum Gasteiger partial charge on any atom is -0.344 e. The van der Waals surface area contributed by atoms with Gasteiger partial charge in [-0.2, -0.15) is 0 Å². The van der Waals surface area contributed by atoms with Gasteiger partial charge < -0.3 is 10.2 Å². The van der Waals surface area contributed by atoms with Crippen molar-refractivity contribution in [1.29, 1.82) is 0 Å². The van der Waals surface area contributed by atoms with Crippen molar-refractivity contribution >= 4 is 35.0 Å². The van der Waals surface area contributed by atoms with Gasteiger partial charge in [0.15, 0.2) is 0 Å². The number of hydrogen-bond acceptors (Lipinski definition) is 4. The highest BCUT2D eigenvalue weighted by Gasteiger charge is 2.34. The Kier molecular flexibility index (Phi) is 10.3. The molecule has 3 atom stereocenters. The summed E-state index contributed by atoms with van der Waals surface area (Å²) in [7, 11) is 0. The Bertz CT molecular complexity index is 899. The molecule has 10 heteroatoms. The summed E-state index contributed by atoms with van der Waals surface area (Å²) in [4.78, 5) is 33.1. The van der Waals surface area contributed by atoms with Gasteiger partial charge in [0.25, 0.3) is 0 Å². The van der Waals surface area contributed by atoms with Crippen molar-refractivity contribution in [3.05, 3.63) is 44.3 Å². The zero-order valence-corrected chi connectivity index (χ0v) is 21.3. The Hall–Kier alpha value is -1.99. The van der Waals surface area contributed by atoms with Crippen molar-refractivity contribution in [2.24, 2.45) is 11.0 Å². The van der Waals surface area contributed by atoms with E-state index < -0.39 is 6.04 Å². The second-order valence-corrected chi connectivity index (χ2v) is 10.0. The molecule has 0 bridgehead atoms. The molecule has 0 radical (unpaired) electrons. The van der Waals surface area contributed by atoms with E-state index in [4.69, 9.17) is 28.7 Å². The number of carbonyl (C=O) groups is 2. The summed E-state index contributed by atoms with van der Waals surface area (Å²) >= 11 is 12.4. The van der Waals surface area contributed by atoms with Gasteiger partial charge in [-0.3, -0.25) is 14.5 Å². The van der Waals surface area contributed by atoms with Crippen LogP contribution in [0.15, 0.2) is 23.3 Å². The first-order chi connectivity index (χ1) is 16.4. The van der Waals surface area contributed by atoms with Gasteiger partial charge in [-0.1, -0.05) is 54.1 Å². The predicted octanol–water partition coefficient (Wildman–Crippen LogP) is 4.83. The summed E-state index contributed by atoms with van der Waals surface area (Å²) < 4.78 is 0. The Morgan fingerprint density at radius 1 is 1.21 bits per heavy atom. The molecular formula is C24H34Cl2N6O2. The van der Waals surface area contributed by atoms with Crippen molar-refractivity contribution in [1.82, 2.24) is 15.1 Å². The molecule has 1 aliphatic heterocycles. The predicted molar refractivity (Wildman–Crippen MR) is 135 cm³/mol. The molecule has 1 aliphatic carbocycles. The fourth-order valence-electron chi connectivity index (χ4n) is 5.12. The van der Waals surface area contributed by atoms with Crippen LogP contribution in [0.5, 0.6) is 0 Å². The summed E-state index contributed by atoms with van der Waals surface area (Å²) in [6, 6.07) is 4.93. The molecule has 2 amide bonds. The quantitative estimate of drug-likeness (QED) is 0.293. The third kappa shape index (κ3) is 7.25. The van der Waals surface area contributed by atoms with E-state index in [0.717, 1.165) is 31.5 Å². The molecule has 0 spiro atoms. The number of hydrogen-bond donors (Lipinski definition) is 1. The molecule has 1 saturated heterocycles. The third-order valence-corrected chi connectivity index (χ3v) is 7.48. The van der Waals surface area contributed by atoms with Crippen LogP contribution >= 0.6 is 23.2 Å². The second-order valence-electron chi connectivity index (χ2n) is 9.20. The number of carbonyl (C=O) groups excluding carboxylic acids is 2. The first-order valence-electron chi connectivity index (χ1n) is 12.2. The van der Waals surface area contributed by atoms with Crippen molar-refractivity contribution in [3.8, 4) is 0 Å². The average Bonchev–Trinajstić information content (AvgIpc) is 2.84. The first-order valence-corrected chi connectivity index (χ1v) is 13.0. The highest BCUT2D eigenvalue weighted by atomic mass is 35.5. The summed E-state index contributed by atoms with van der Waals surface area (Å²) in [6.07, 6.45) is 5.95. The molecule has 1 unspecified atom stereocenters. The Morgan fingerprint density at radius 3 is 2.62 bits per heavy atom. The zero-order chi connectivity index (χ0) is 24.5. The Morgan fingerprint density at radius 2 is 1.94 bits per heavy atom. The number of piperazine rings is 1. The van der Waals surface area contributed by atoms with Crippen LogP contribution in [0.1, 0.15) is 51.0 Å². The highest BCUT2D eigenvalue weighted by Crippen LogP contribution is 2.30. The number of rotatable bonds is 9. The van der Waals surface area contributed by atoms with Crippen LogP contribution in [-0.2, 0) is 16.0 Å². The number of azide groups is 1. The van der Waals surface area contributed by atoms with E-state index in [1.54, 1.807) is 12.1 Å². The summed E-state index contributed by atoms with van der Waals surface area (Å²) in [6.45, 7) is 5.25. The summed E-state index contributed by atoms with van der Waals surface area (Å²) in [5.41, 5.74) is 9.51. The molecule has 8 nitrogen and oxygen atoms in total. The zero-order valence-electron chi connectivity index (χ0n) is 19.8. The van der Waals surface area contributed by atoms with Gasteiger partial charge in [-0.05, 0) is 48.4 Å². The van der Waals surface area contributed by atoms with Gasteiger partial charge in [-0.15, -0.1) is 0 Å². The van der Waals surface area contributed by atoms with Gasteiger partial charge in [0.05, 0.1) is 0 Å². The van der Waals surface area contributed by atoms with Crippen LogP contribution in [0.4, 0.5) is 0 Å². The molecule has 1 heterocycles. The maximum Gasteiger partial charge on any atom is 0.245 e. The fraction of sp³-hybridized carbons (Fsp3) is 0.667. The van der Waals surface area contributed by atoms with E-state index in [-0.39, 0.29) is 11.8 Å². The largest absolute Gasteiger partial charge is 0.344 e. The van der Waals surface area contributed by atoms with Crippen LogP contribution in [0, 0.1) is 5.92 Å². The monoisotopic (exact) mass is 508 g/mol. The molecule has 2 fully saturated rings. The van der Waals surface area contributed by atoms with Gasteiger partial charge in [0, 0.05) is 66.6 Å². The maximum atomic E-state index is 13.5. The van der Waals surface area contributed by atoms with Gasteiger partial charge in [0.1, 0.15) is 6.04 Å². The summed E-state index contributed by atoms with van der Waals surface area (Å²) in [5.74, 6) is 0.164. The highest BCUT2D eigenvalue weighted by molar-refractivity contribution is 6.35. The molecule has 3 rings (SSSR count). The van der Waals surface area contributed by atoms with Crippen LogP contribution in [0.2, 0.25) is 10.0 Å². The molecule has 0 aromatic heterocycles. The standard InChI is InChI=1S/C24H34Cl2N6O2/c1-2-5-23(33)29-21(14-17-8-9-19(25)15-20(17)26)24(34)32-12-10-31(11-13-32)22-7-4-3-6-18(22)16-28-30-27/h8-9,15,18,21-22H,2-7,10-14,16H2,1H3,(H,29,33)/t18-,21?,22-/m0/s1. The smallest absolute Gasteiger partial charge is 0.245 e. The topological polar surface area (TPSA) is 101 Å². The lowest BCUT2D eigenvalue weighted by Crippen LogP contribution is -2.58. The van der Waals surface area contributed by atoms with E-state index in [9.17, 15) is 9.59 Å². The number of amides is 2. The minimum atomic E-state index is -0.670. The fourth-order valence-corrected chi connectivity index (χ4v) is 5.60. The van der Waals surface area contributed by atoms with Crippen molar-refractivity contribution in [2.45, 2.75) is 64.0 Å². The summed E-state index contributed by atoms with van der Waals surface area (Å²) in [5, 5.41) is 7.78. The molecule has 1 aromatic rings. The molecule has 34 heavy (non-hydrogen) atoms. The SMILES string of the molecule is CCCC(=O)NC(Cc1ccc(Cl)cc1Cl)C(=O)N1CCN([C@H]2CCCC[C@H]2CN=[N+]=[N-])CC1. The average molecular weight is 509 g/mol. The molecule has 1 aromatic carbocycles. The van der Waals surface area contributed by atoms with Crippen molar-refractivity contribution < 1.29 is 9.59 Å². The Balaban J connectivity index is 1.65. The van der Waals surface area contributed by atoms with E-state index in [0.29, 0.717) is 60.9 Å². The Labute approximate surface area is 211 Å². The van der Waals surface area contributed by atoms with E-state index in [1.807, 2.05) is 17.9 Å². The lowest BCUT2D eigenvalue weighted by Gasteiger charge is -2.44. The van der Waals surface area contributed by atoms with E-state index >= 15 is 0 Å². The van der Waals surface area contributed by atoms with Crippen molar-refractivity contribution in [3.63, 3.8) is 0 Å². The number of benzene rings is 1. The maximum absolute atomic E-state index is 13.5. The normalized spacial score (nSPS) is 22.0. The molecule has 1 saturated carbocycles. The lowest BCUT2D eigenvalue weighted by molar-refractivity contribution is -0.138. The van der Waals surface area contributed by atoms with Crippen LogP contribution in [0.3, 0.4) is 0 Å². The van der Waals surface area contributed by atoms with E-state index in [1.165, 1.54) is 12.8 Å². The second kappa shape index (κ2) is 13.2. The van der Waals surface area contributed by atoms with Crippen LogP contribution < -0.4 is 5.32 Å². The molecule has 186 valence electrons. The molecule has 2 aliphatic rings. The number of nitrogens with one attached hydrogen (secondary N) is 1. The van der Waals surface area contributed by atoms with Gasteiger partial charge in [0.2, 0.25) is 11.8 Å². The van der Waals surface area contributed by atoms with Crippen LogP contribution in [0.25, 0.3) is 10.4 Å². The van der Waals surface area contributed by atoms with Gasteiger partial charge >= 0.3 is 0 Å². The molecule has 1 N–H and O–H groups in total. The third-order valence-electron chi connectivity index (χ3n) is 6.89. The number of nitrogens with zero attached hydrogens (tertiary/aromatic N) is 5. The first kappa shape index (κ1) is 26.6. The number of halogens is 2. The van der Waals surface area contributed by atoms with E-state index in [2.05, 4.69) is 20.2 Å². The molecular weight excluding hydrogens is 475 g/mol. The lowest BCUT2D eigenvalue weighted by atomic mass is 9.83. The van der Waals surface area contributed by atoms with Gasteiger partial charge in [-0.25, -0.2) is 0 Å². The minimum absolute atomic E-state index is 0.0793. The van der Waals surface area contributed by atoms with Crippen LogP contribution in [-0.4, -0.2) is 66.4 Å². The van der Waals surface area contributed by atoms with Crippen molar-refractivity contribution in [2.75, 3.05) is 32.7 Å².